The summed E-state index contributed by atoms with van der Waals surface area (Å²) in [6.07, 6.45) is 0.792. The average molecular weight is 352 g/mol. The molecule has 0 fully saturated rings. The van der Waals surface area contributed by atoms with Crippen LogP contribution in [0.5, 0.6) is 0 Å². The second-order valence-corrected chi connectivity index (χ2v) is 7.86. The third-order valence-electron chi connectivity index (χ3n) is 3.20. The number of fused-ring (bicyclic) bond motifs is 1. The van der Waals surface area contributed by atoms with Crippen molar-refractivity contribution in [2.75, 3.05) is 0 Å². The lowest BCUT2D eigenvalue weighted by molar-refractivity contribution is 0.372. The molecule has 122 valence electrons. The summed E-state index contributed by atoms with van der Waals surface area (Å²) in [5.41, 5.74) is 1.76. The van der Waals surface area contributed by atoms with Gasteiger partial charge in [0.05, 0.1) is 24.0 Å². The van der Waals surface area contributed by atoms with Gasteiger partial charge in [-0.3, -0.25) is 0 Å². The number of hydrogen-bond donors (Lipinski definition) is 1. The zero-order valence-electron chi connectivity index (χ0n) is 12.7. The Bertz CT molecular complexity index is 915. The Kier molecular flexibility index (Phi) is 4.42. The van der Waals surface area contributed by atoms with E-state index in [1.54, 1.807) is 18.2 Å². The van der Waals surface area contributed by atoms with Crippen LogP contribution >= 0.6 is 11.7 Å². The summed E-state index contributed by atoms with van der Waals surface area (Å²) in [4.78, 5) is 0.116. The van der Waals surface area contributed by atoms with Gasteiger partial charge in [-0.1, -0.05) is 25.1 Å². The maximum atomic E-state index is 12.5. The number of benzene rings is 1. The van der Waals surface area contributed by atoms with E-state index in [1.807, 2.05) is 0 Å². The first kappa shape index (κ1) is 16.0. The molecule has 23 heavy (non-hydrogen) atoms. The Morgan fingerprint density at radius 2 is 2.13 bits per heavy atom. The minimum Gasteiger partial charge on any atom is -0.360 e. The minimum absolute atomic E-state index is 0.0430. The van der Waals surface area contributed by atoms with Gasteiger partial charge in [-0.05, 0) is 24.5 Å². The lowest BCUT2D eigenvalue weighted by Gasteiger charge is -2.05. The number of sulfonamides is 1. The first-order valence-corrected chi connectivity index (χ1v) is 9.32. The van der Waals surface area contributed by atoms with E-state index < -0.39 is 10.0 Å². The fourth-order valence-electron chi connectivity index (χ4n) is 2.20. The normalized spacial score (nSPS) is 12.3. The van der Waals surface area contributed by atoms with Gasteiger partial charge in [0.2, 0.25) is 10.0 Å². The van der Waals surface area contributed by atoms with Gasteiger partial charge >= 0.3 is 0 Å². The molecule has 3 rings (SSSR count). The fourth-order valence-corrected chi connectivity index (χ4v) is 3.95. The van der Waals surface area contributed by atoms with Crippen molar-refractivity contribution in [3.8, 4) is 0 Å². The first-order chi connectivity index (χ1) is 11.0. The number of hydrogen-bond acceptors (Lipinski definition) is 7. The topological polar surface area (TPSA) is 98.0 Å². The molecule has 0 saturated carbocycles. The monoisotopic (exact) mass is 352 g/mol. The van der Waals surface area contributed by atoms with E-state index >= 15 is 0 Å². The third-order valence-corrected chi connectivity index (χ3v) is 5.18. The van der Waals surface area contributed by atoms with E-state index in [2.05, 4.69) is 32.5 Å². The molecule has 3 aromatic rings. The largest absolute Gasteiger partial charge is 0.360 e. The zero-order valence-corrected chi connectivity index (χ0v) is 14.3. The molecule has 0 spiro atoms. The fraction of sp³-hybridized carbons (Fsp3) is 0.357. The average Bonchev–Trinajstić information content (AvgIpc) is 3.12. The van der Waals surface area contributed by atoms with Crippen molar-refractivity contribution in [3.63, 3.8) is 0 Å². The molecular weight excluding hydrogens is 336 g/mol. The van der Waals surface area contributed by atoms with Gasteiger partial charge < -0.3 is 4.52 Å². The molecule has 1 N–H and O–H groups in total. The molecule has 7 nitrogen and oxygen atoms in total. The van der Waals surface area contributed by atoms with Crippen molar-refractivity contribution in [2.45, 2.75) is 31.7 Å². The van der Waals surface area contributed by atoms with Gasteiger partial charge in [-0.2, -0.15) is 8.75 Å². The van der Waals surface area contributed by atoms with Gasteiger partial charge in [0.25, 0.3) is 0 Å². The number of nitrogens with one attached hydrogen (secondary N) is 1. The van der Waals surface area contributed by atoms with Crippen LogP contribution in [0.3, 0.4) is 0 Å². The van der Waals surface area contributed by atoms with E-state index in [1.165, 1.54) is 6.07 Å². The van der Waals surface area contributed by atoms with E-state index in [4.69, 9.17) is 4.52 Å². The standard InChI is InChI=1S/C14H16N4O3S2/c1-9(2)6-10-7-11(21-16-10)8-15-23(19,20)13-5-3-4-12-14(13)18-22-17-12/h3-5,7,9,15H,6,8H2,1-2H3. The molecule has 0 atom stereocenters. The highest BCUT2D eigenvalue weighted by atomic mass is 32.2. The highest BCUT2D eigenvalue weighted by Gasteiger charge is 2.20. The first-order valence-electron chi connectivity index (χ1n) is 7.11. The zero-order chi connectivity index (χ0) is 16.4. The van der Waals surface area contributed by atoms with Crippen molar-refractivity contribution < 1.29 is 12.9 Å². The van der Waals surface area contributed by atoms with Crippen molar-refractivity contribution in [2.24, 2.45) is 5.92 Å². The van der Waals surface area contributed by atoms with E-state index in [9.17, 15) is 8.42 Å². The molecule has 0 aliphatic carbocycles. The molecule has 0 radical (unpaired) electrons. The molecule has 9 heteroatoms. The molecule has 0 aliphatic rings. The van der Waals surface area contributed by atoms with Crippen molar-refractivity contribution in [3.05, 3.63) is 35.7 Å². The van der Waals surface area contributed by atoms with Crippen molar-refractivity contribution >= 4 is 32.8 Å². The molecule has 0 saturated heterocycles. The number of aromatic nitrogens is 3. The summed E-state index contributed by atoms with van der Waals surface area (Å²) in [6, 6.07) is 6.66. The molecule has 0 unspecified atom stereocenters. The van der Waals surface area contributed by atoms with Gasteiger partial charge in [-0.15, -0.1) is 0 Å². The summed E-state index contributed by atoms with van der Waals surface area (Å²) >= 11 is 0.986. The summed E-state index contributed by atoms with van der Waals surface area (Å²) in [5, 5.41) is 3.94. The third kappa shape index (κ3) is 3.57. The molecule has 0 bridgehead atoms. The van der Waals surface area contributed by atoms with Gasteiger partial charge in [0.1, 0.15) is 15.9 Å². The van der Waals surface area contributed by atoms with Crippen LogP contribution in [-0.2, 0) is 23.0 Å². The van der Waals surface area contributed by atoms with Gasteiger partial charge in [-0.25, -0.2) is 13.1 Å². The molecule has 1 aromatic carbocycles. The number of nitrogens with zero attached hydrogens (tertiary/aromatic N) is 3. The van der Waals surface area contributed by atoms with Crippen LogP contribution in [0.15, 0.2) is 33.7 Å². The van der Waals surface area contributed by atoms with Crippen LogP contribution in [0.2, 0.25) is 0 Å². The van der Waals surface area contributed by atoms with Crippen LogP contribution in [0.1, 0.15) is 25.3 Å². The minimum atomic E-state index is -3.70. The molecule has 2 heterocycles. The Morgan fingerprint density at radius 1 is 1.30 bits per heavy atom. The lowest BCUT2D eigenvalue weighted by atomic mass is 10.1. The molecular formula is C14H16N4O3S2. The maximum Gasteiger partial charge on any atom is 0.243 e. The van der Waals surface area contributed by atoms with Crippen LogP contribution in [-0.4, -0.2) is 22.3 Å². The SMILES string of the molecule is CC(C)Cc1cc(CNS(=O)(=O)c2cccc3nsnc23)on1. The molecule has 0 amide bonds. The van der Waals surface area contributed by atoms with Crippen molar-refractivity contribution in [1.29, 1.82) is 0 Å². The predicted molar refractivity (Wildman–Crippen MR) is 86.5 cm³/mol. The summed E-state index contributed by atoms with van der Waals surface area (Å²) in [7, 11) is -3.70. The van der Waals surface area contributed by atoms with E-state index in [0.29, 0.717) is 22.7 Å². The maximum absolute atomic E-state index is 12.5. The second kappa shape index (κ2) is 6.34. The summed E-state index contributed by atoms with van der Waals surface area (Å²) in [6.45, 7) is 4.21. The molecule has 0 aliphatic heterocycles. The number of rotatable bonds is 6. The Morgan fingerprint density at radius 3 is 2.91 bits per heavy atom. The van der Waals surface area contributed by atoms with Crippen LogP contribution < -0.4 is 4.72 Å². The Balaban J connectivity index is 1.77. The quantitative estimate of drug-likeness (QED) is 0.731. The predicted octanol–water partition coefficient (Wildman–Crippen LogP) is 2.36. The summed E-state index contributed by atoms with van der Waals surface area (Å²) in [5.74, 6) is 0.937. The van der Waals surface area contributed by atoms with Crippen molar-refractivity contribution in [1.82, 2.24) is 18.6 Å². The van der Waals surface area contributed by atoms with Gasteiger partial charge in [0, 0.05) is 6.07 Å². The second-order valence-electron chi connectivity index (χ2n) is 5.60. The molecule has 2 aromatic heterocycles. The van der Waals surface area contributed by atoms with Crippen LogP contribution in [0.25, 0.3) is 11.0 Å². The highest BCUT2D eigenvalue weighted by molar-refractivity contribution is 7.89. The lowest BCUT2D eigenvalue weighted by Crippen LogP contribution is -2.23. The van der Waals surface area contributed by atoms with Crippen LogP contribution in [0.4, 0.5) is 0 Å². The van der Waals surface area contributed by atoms with E-state index in [0.717, 1.165) is 23.8 Å². The van der Waals surface area contributed by atoms with Gasteiger partial charge in [0.15, 0.2) is 5.76 Å². The Labute approximate surface area is 138 Å². The smallest absolute Gasteiger partial charge is 0.243 e. The summed E-state index contributed by atoms with van der Waals surface area (Å²) < 4.78 is 40.7. The van der Waals surface area contributed by atoms with E-state index in [-0.39, 0.29) is 11.4 Å². The van der Waals surface area contributed by atoms with Crippen LogP contribution in [0, 0.1) is 5.92 Å². The Hall–Kier alpha value is -1.84. The highest BCUT2D eigenvalue weighted by Crippen LogP contribution is 2.21.